The number of likely N-dealkylation sites (tertiary alicyclic amines) is 1. The Morgan fingerprint density at radius 2 is 2.35 bits per heavy atom. The van der Waals surface area contributed by atoms with Crippen molar-refractivity contribution in [3.05, 3.63) is 29.8 Å². The third-order valence-electron chi connectivity index (χ3n) is 3.26. The molecule has 1 heterocycles. The van der Waals surface area contributed by atoms with E-state index < -0.39 is 0 Å². The summed E-state index contributed by atoms with van der Waals surface area (Å²) >= 11 is 0. The van der Waals surface area contributed by atoms with Gasteiger partial charge in [0, 0.05) is 18.7 Å². The number of nitrogens with one attached hydrogen (secondary N) is 1. The minimum atomic E-state index is 0.135. The summed E-state index contributed by atoms with van der Waals surface area (Å²) in [6.45, 7) is 4.19. The summed E-state index contributed by atoms with van der Waals surface area (Å²) in [6, 6.07) is 7.93. The predicted octanol–water partition coefficient (Wildman–Crippen LogP) is 2.28. The maximum atomic E-state index is 11.9. The Bertz CT molecular complexity index is 403. The summed E-state index contributed by atoms with van der Waals surface area (Å²) in [4.78, 5) is 14.1. The van der Waals surface area contributed by atoms with Crippen LogP contribution in [0.1, 0.15) is 18.4 Å². The Morgan fingerprint density at radius 1 is 1.53 bits per heavy atom. The molecule has 1 saturated heterocycles. The van der Waals surface area contributed by atoms with Crippen molar-refractivity contribution in [2.24, 2.45) is 5.92 Å². The highest BCUT2D eigenvalue weighted by molar-refractivity contribution is 5.90. The zero-order valence-electron chi connectivity index (χ0n) is 10.6. The molecule has 0 aromatic heterocycles. The van der Waals surface area contributed by atoms with Gasteiger partial charge in [-0.15, -0.1) is 0 Å². The van der Waals surface area contributed by atoms with Gasteiger partial charge in [0.05, 0.1) is 0 Å². The van der Waals surface area contributed by atoms with E-state index in [-0.39, 0.29) is 5.91 Å². The van der Waals surface area contributed by atoms with E-state index in [2.05, 4.69) is 17.3 Å². The van der Waals surface area contributed by atoms with Gasteiger partial charge in [-0.1, -0.05) is 12.1 Å². The molecule has 0 bridgehead atoms. The number of hydrogen-bond acceptors (Lipinski definition) is 2. The van der Waals surface area contributed by atoms with E-state index in [1.54, 1.807) is 0 Å². The summed E-state index contributed by atoms with van der Waals surface area (Å²) in [5.41, 5.74) is 2.07. The maximum absolute atomic E-state index is 11.9. The van der Waals surface area contributed by atoms with Crippen LogP contribution in [0.3, 0.4) is 0 Å². The van der Waals surface area contributed by atoms with Crippen molar-refractivity contribution in [3.63, 3.8) is 0 Å². The van der Waals surface area contributed by atoms with Gasteiger partial charge in [0.15, 0.2) is 0 Å². The topological polar surface area (TPSA) is 32.3 Å². The van der Waals surface area contributed by atoms with E-state index in [4.69, 9.17) is 0 Å². The van der Waals surface area contributed by atoms with Crippen molar-refractivity contribution in [2.75, 3.05) is 25.5 Å². The second-order valence-electron chi connectivity index (χ2n) is 5.04. The minimum absolute atomic E-state index is 0.135. The molecule has 1 amide bonds. The molecule has 0 saturated carbocycles. The second kappa shape index (κ2) is 5.32. The molecule has 1 aromatic rings. The van der Waals surface area contributed by atoms with Crippen LogP contribution in [0, 0.1) is 12.8 Å². The largest absolute Gasteiger partial charge is 0.326 e. The lowest BCUT2D eigenvalue weighted by Gasteiger charge is -2.11. The fourth-order valence-corrected chi connectivity index (χ4v) is 2.39. The highest BCUT2D eigenvalue weighted by Gasteiger charge is 2.21. The maximum Gasteiger partial charge on any atom is 0.224 e. The summed E-state index contributed by atoms with van der Waals surface area (Å²) in [5, 5.41) is 2.97. The minimum Gasteiger partial charge on any atom is -0.326 e. The van der Waals surface area contributed by atoms with Gasteiger partial charge < -0.3 is 10.2 Å². The van der Waals surface area contributed by atoms with Crippen LogP contribution in [0.4, 0.5) is 5.69 Å². The molecular formula is C14H20N2O. The third kappa shape index (κ3) is 3.56. The molecule has 0 aliphatic carbocycles. The quantitative estimate of drug-likeness (QED) is 0.867. The zero-order chi connectivity index (χ0) is 12.3. The van der Waals surface area contributed by atoms with Crippen molar-refractivity contribution in [1.29, 1.82) is 0 Å². The van der Waals surface area contributed by atoms with Crippen molar-refractivity contribution >= 4 is 11.6 Å². The Morgan fingerprint density at radius 3 is 3.00 bits per heavy atom. The first-order valence-electron chi connectivity index (χ1n) is 6.18. The molecule has 2 rings (SSSR count). The van der Waals surface area contributed by atoms with Crippen LogP contribution in [-0.4, -0.2) is 30.9 Å². The lowest BCUT2D eigenvalue weighted by Crippen LogP contribution is -2.19. The predicted molar refractivity (Wildman–Crippen MR) is 70.0 cm³/mol. The average Bonchev–Trinajstić information content (AvgIpc) is 2.63. The Labute approximate surface area is 103 Å². The first-order chi connectivity index (χ1) is 8.13. The van der Waals surface area contributed by atoms with E-state index >= 15 is 0 Å². The van der Waals surface area contributed by atoms with Gasteiger partial charge in [-0.3, -0.25) is 4.79 Å². The van der Waals surface area contributed by atoms with Crippen LogP contribution in [-0.2, 0) is 4.79 Å². The van der Waals surface area contributed by atoms with E-state index in [1.165, 1.54) is 5.56 Å². The number of carbonyl (C=O) groups is 1. The molecule has 1 N–H and O–H groups in total. The lowest BCUT2D eigenvalue weighted by atomic mass is 10.0. The average molecular weight is 232 g/mol. The summed E-state index contributed by atoms with van der Waals surface area (Å²) < 4.78 is 0. The van der Waals surface area contributed by atoms with Crippen LogP contribution >= 0.6 is 0 Å². The summed E-state index contributed by atoms with van der Waals surface area (Å²) in [5.74, 6) is 0.653. The Kier molecular flexibility index (Phi) is 3.79. The van der Waals surface area contributed by atoms with Gasteiger partial charge in [0.25, 0.3) is 0 Å². The zero-order valence-corrected chi connectivity index (χ0v) is 10.6. The number of nitrogens with zero attached hydrogens (tertiary/aromatic N) is 1. The molecule has 1 aliphatic heterocycles. The van der Waals surface area contributed by atoms with Gasteiger partial charge in [-0.25, -0.2) is 0 Å². The first kappa shape index (κ1) is 12.1. The van der Waals surface area contributed by atoms with E-state index in [0.29, 0.717) is 12.3 Å². The number of amides is 1. The van der Waals surface area contributed by atoms with Gasteiger partial charge in [0.2, 0.25) is 5.91 Å². The van der Waals surface area contributed by atoms with Gasteiger partial charge in [-0.05, 0) is 50.6 Å². The first-order valence-corrected chi connectivity index (χ1v) is 6.18. The van der Waals surface area contributed by atoms with Crippen molar-refractivity contribution in [3.8, 4) is 0 Å². The molecule has 1 atom stereocenters. The van der Waals surface area contributed by atoms with Crippen LogP contribution in [0.2, 0.25) is 0 Å². The number of aryl methyl sites for hydroxylation is 1. The SMILES string of the molecule is Cc1cccc(NC(=O)CC2CCN(C)C2)c1. The van der Waals surface area contributed by atoms with Crippen LogP contribution in [0.15, 0.2) is 24.3 Å². The molecule has 3 nitrogen and oxygen atoms in total. The van der Waals surface area contributed by atoms with Crippen molar-refractivity contribution in [2.45, 2.75) is 19.8 Å². The van der Waals surface area contributed by atoms with Crippen LogP contribution in [0.5, 0.6) is 0 Å². The normalized spacial score (nSPS) is 20.5. The highest BCUT2D eigenvalue weighted by Crippen LogP contribution is 2.19. The van der Waals surface area contributed by atoms with E-state index in [0.717, 1.165) is 25.2 Å². The fraction of sp³-hybridized carbons (Fsp3) is 0.500. The lowest BCUT2D eigenvalue weighted by molar-refractivity contribution is -0.117. The van der Waals surface area contributed by atoms with Gasteiger partial charge in [-0.2, -0.15) is 0 Å². The Balaban J connectivity index is 1.85. The van der Waals surface area contributed by atoms with Crippen LogP contribution < -0.4 is 5.32 Å². The molecule has 92 valence electrons. The number of anilines is 1. The van der Waals surface area contributed by atoms with Crippen LogP contribution in [0.25, 0.3) is 0 Å². The summed E-state index contributed by atoms with van der Waals surface area (Å²) in [6.07, 6.45) is 1.77. The number of hydrogen-bond donors (Lipinski definition) is 1. The van der Waals surface area contributed by atoms with E-state index in [9.17, 15) is 4.79 Å². The standard InChI is InChI=1S/C14H20N2O/c1-11-4-3-5-13(8-11)15-14(17)9-12-6-7-16(2)10-12/h3-5,8,12H,6-7,9-10H2,1-2H3,(H,15,17). The molecular weight excluding hydrogens is 212 g/mol. The molecule has 0 spiro atoms. The van der Waals surface area contributed by atoms with Crippen molar-refractivity contribution < 1.29 is 4.79 Å². The third-order valence-corrected chi connectivity index (χ3v) is 3.26. The van der Waals surface area contributed by atoms with Gasteiger partial charge >= 0.3 is 0 Å². The second-order valence-corrected chi connectivity index (χ2v) is 5.04. The molecule has 1 unspecified atom stereocenters. The molecule has 1 aliphatic rings. The molecule has 1 fully saturated rings. The highest BCUT2D eigenvalue weighted by atomic mass is 16.1. The number of carbonyl (C=O) groups excluding carboxylic acids is 1. The smallest absolute Gasteiger partial charge is 0.224 e. The Hall–Kier alpha value is -1.35. The van der Waals surface area contributed by atoms with E-state index in [1.807, 2.05) is 31.2 Å². The van der Waals surface area contributed by atoms with Gasteiger partial charge in [0.1, 0.15) is 0 Å². The molecule has 3 heteroatoms. The monoisotopic (exact) mass is 232 g/mol. The number of benzene rings is 1. The summed E-state index contributed by atoms with van der Waals surface area (Å²) in [7, 11) is 2.11. The fourth-order valence-electron chi connectivity index (χ4n) is 2.39. The number of rotatable bonds is 3. The molecule has 1 aromatic carbocycles. The van der Waals surface area contributed by atoms with Crippen molar-refractivity contribution in [1.82, 2.24) is 4.90 Å². The molecule has 0 radical (unpaired) electrons. The molecule has 17 heavy (non-hydrogen) atoms.